The van der Waals surface area contributed by atoms with Crippen molar-refractivity contribution in [3.63, 3.8) is 0 Å². The Morgan fingerprint density at radius 1 is 1.11 bits per heavy atom. The summed E-state index contributed by atoms with van der Waals surface area (Å²) in [6, 6.07) is 0. The van der Waals surface area contributed by atoms with Gasteiger partial charge in [-0.05, 0) is 30.6 Å². The van der Waals surface area contributed by atoms with E-state index >= 15 is 0 Å². The first-order valence-electron chi connectivity index (χ1n) is 4.24. The standard InChI is InChI=1S/C9H18/c1-4-9-5-7(2)8(3)6-9/h7-9H,4-6H2,1-3H3/t7-,8-/m0/s1. The first-order valence-corrected chi connectivity index (χ1v) is 4.24. The monoisotopic (exact) mass is 126 g/mol. The van der Waals surface area contributed by atoms with Crippen molar-refractivity contribution in [2.24, 2.45) is 17.8 Å². The number of hydrogen-bond acceptors (Lipinski definition) is 0. The first kappa shape index (κ1) is 7.11. The van der Waals surface area contributed by atoms with Crippen LogP contribution in [-0.2, 0) is 0 Å². The third-order valence-electron chi connectivity index (χ3n) is 2.96. The molecule has 0 saturated heterocycles. The van der Waals surface area contributed by atoms with Crippen LogP contribution < -0.4 is 0 Å². The molecule has 0 N–H and O–H groups in total. The minimum atomic E-state index is 0.995. The van der Waals surface area contributed by atoms with E-state index < -0.39 is 0 Å². The molecule has 0 aliphatic heterocycles. The maximum atomic E-state index is 2.39. The molecule has 0 spiro atoms. The summed E-state index contributed by atoms with van der Waals surface area (Å²) in [5, 5.41) is 0. The van der Waals surface area contributed by atoms with Gasteiger partial charge in [0.1, 0.15) is 0 Å². The molecule has 0 radical (unpaired) electrons. The van der Waals surface area contributed by atoms with Crippen molar-refractivity contribution in [3.05, 3.63) is 0 Å². The molecule has 0 aromatic rings. The van der Waals surface area contributed by atoms with Crippen molar-refractivity contribution in [1.29, 1.82) is 0 Å². The van der Waals surface area contributed by atoms with Crippen LogP contribution >= 0.6 is 0 Å². The Kier molecular flexibility index (Phi) is 2.15. The van der Waals surface area contributed by atoms with E-state index in [0.717, 1.165) is 17.8 Å². The highest BCUT2D eigenvalue weighted by Crippen LogP contribution is 2.36. The summed E-state index contributed by atoms with van der Waals surface area (Å²) < 4.78 is 0. The highest BCUT2D eigenvalue weighted by atomic mass is 14.3. The van der Waals surface area contributed by atoms with Crippen LogP contribution in [0.15, 0.2) is 0 Å². The van der Waals surface area contributed by atoms with Crippen molar-refractivity contribution in [2.45, 2.75) is 40.0 Å². The van der Waals surface area contributed by atoms with Crippen LogP contribution in [0.2, 0.25) is 0 Å². The van der Waals surface area contributed by atoms with Crippen molar-refractivity contribution < 1.29 is 0 Å². The van der Waals surface area contributed by atoms with Crippen LogP contribution in [0.1, 0.15) is 40.0 Å². The average Bonchev–Trinajstić information content (AvgIpc) is 2.13. The van der Waals surface area contributed by atoms with Gasteiger partial charge in [0.15, 0.2) is 0 Å². The molecular formula is C9H18. The van der Waals surface area contributed by atoms with E-state index in [0.29, 0.717) is 0 Å². The van der Waals surface area contributed by atoms with Gasteiger partial charge in [-0.2, -0.15) is 0 Å². The molecule has 0 nitrogen and oxygen atoms in total. The van der Waals surface area contributed by atoms with Gasteiger partial charge in [-0.3, -0.25) is 0 Å². The Hall–Kier alpha value is 0. The van der Waals surface area contributed by atoms with Crippen molar-refractivity contribution in [3.8, 4) is 0 Å². The van der Waals surface area contributed by atoms with Crippen LogP contribution in [-0.4, -0.2) is 0 Å². The minimum absolute atomic E-state index is 0.995. The molecule has 0 aromatic heterocycles. The summed E-state index contributed by atoms with van der Waals surface area (Å²) in [6.07, 6.45) is 4.37. The second-order valence-electron chi connectivity index (χ2n) is 3.70. The second kappa shape index (κ2) is 2.72. The fraction of sp³-hybridized carbons (Fsp3) is 1.00. The first-order chi connectivity index (χ1) is 4.24. The maximum absolute atomic E-state index is 2.39. The Balaban J connectivity index is 2.35. The van der Waals surface area contributed by atoms with E-state index in [1.54, 1.807) is 0 Å². The van der Waals surface area contributed by atoms with Gasteiger partial charge in [-0.25, -0.2) is 0 Å². The summed E-state index contributed by atoms with van der Waals surface area (Å²) in [4.78, 5) is 0. The van der Waals surface area contributed by atoms with E-state index in [-0.39, 0.29) is 0 Å². The predicted molar refractivity (Wildman–Crippen MR) is 41.3 cm³/mol. The van der Waals surface area contributed by atoms with Gasteiger partial charge in [-0.15, -0.1) is 0 Å². The van der Waals surface area contributed by atoms with Gasteiger partial charge in [0, 0.05) is 0 Å². The molecule has 0 amide bonds. The van der Waals surface area contributed by atoms with Gasteiger partial charge in [0.2, 0.25) is 0 Å². The summed E-state index contributed by atoms with van der Waals surface area (Å²) in [5.41, 5.74) is 0. The highest BCUT2D eigenvalue weighted by Gasteiger charge is 2.26. The molecule has 0 bridgehead atoms. The van der Waals surface area contributed by atoms with Gasteiger partial charge in [-0.1, -0.05) is 27.2 Å². The molecule has 1 fully saturated rings. The summed E-state index contributed by atoms with van der Waals surface area (Å²) >= 11 is 0. The molecule has 0 unspecified atom stereocenters. The smallest absolute Gasteiger partial charge is 0.0412 e. The zero-order valence-corrected chi connectivity index (χ0v) is 6.85. The third-order valence-corrected chi connectivity index (χ3v) is 2.96. The van der Waals surface area contributed by atoms with E-state index in [4.69, 9.17) is 0 Å². The van der Waals surface area contributed by atoms with Crippen LogP contribution in [0, 0.1) is 17.8 Å². The second-order valence-corrected chi connectivity index (χ2v) is 3.70. The largest absolute Gasteiger partial charge is 0.0651 e. The highest BCUT2D eigenvalue weighted by molar-refractivity contribution is 4.76. The van der Waals surface area contributed by atoms with E-state index in [9.17, 15) is 0 Å². The zero-order chi connectivity index (χ0) is 6.85. The topological polar surface area (TPSA) is 0 Å². The summed E-state index contributed by atoms with van der Waals surface area (Å²) in [5.74, 6) is 3.04. The Bertz CT molecular complexity index is 76.0. The lowest BCUT2D eigenvalue weighted by Crippen LogP contribution is -1.95. The van der Waals surface area contributed by atoms with E-state index in [2.05, 4.69) is 20.8 Å². The molecule has 1 aliphatic carbocycles. The number of rotatable bonds is 1. The van der Waals surface area contributed by atoms with Gasteiger partial charge in [0.25, 0.3) is 0 Å². The Morgan fingerprint density at radius 2 is 1.56 bits per heavy atom. The lowest BCUT2D eigenvalue weighted by molar-refractivity contribution is 0.457. The molecule has 54 valence electrons. The van der Waals surface area contributed by atoms with Crippen LogP contribution in [0.25, 0.3) is 0 Å². The molecule has 0 heterocycles. The van der Waals surface area contributed by atoms with Gasteiger partial charge < -0.3 is 0 Å². The lowest BCUT2D eigenvalue weighted by Gasteiger charge is -2.04. The average molecular weight is 126 g/mol. The predicted octanol–water partition coefficient (Wildman–Crippen LogP) is 3.08. The molecule has 2 atom stereocenters. The fourth-order valence-electron chi connectivity index (χ4n) is 1.95. The molecule has 1 aliphatic rings. The molecule has 1 rings (SSSR count). The van der Waals surface area contributed by atoms with E-state index in [1.165, 1.54) is 19.3 Å². The van der Waals surface area contributed by atoms with E-state index in [1.807, 2.05) is 0 Å². The van der Waals surface area contributed by atoms with Crippen molar-refractivity contribution in [2.75, 3.05) is 0 Å². The van der Waals surface area contributed by atoms with Crippen LogP contribution in [0.3, 0.4) is 0 Å². The quantitative estimate of drug-likeness (QED) is 0.506. The van der Waals surface area contributed by atoms with Gasteiger partial charge >= 0.3 is 0 Å². The third kappa shape index (κ3) is 1.47. The van der Waals surface area contributed by atoms with Crippen molar-refractivity contribution >= 4 is 0 Å². The molecule has 0 aromatic carbocycles. The number of hydrogen-bond donors (Lipinski definition) is 0. The van der Waals surface area contributed by atoms with Crippen LogP contribution in [0.5, 0.6) is 0 Å². The molecule has 9 heavy (non-hydrogen) atoms. The fourth-order valence-corrected chi connectivity index (χ4v) is 1.95. The molecule has 0 heteroatoms. The van der Waals surface area contributed by atoms with Crippen LogP contribution in [0.4, 0.5) is 0 Å². The lowest BCUT2D eigenvalue weighted by atomic mass is 10.0. The Labute approximate surface area is 58.7 Å². The summed E-state index contributed by atoms with van der Waals surface area (Å²) in [6.45, 7) is 7.09. The molecular weight excluding hydrogens is 108 g/mol. The van der Waals surface area contributed by atoms with Crippen molar-refractivity contribution in [1.82, 2.24) is 0 Å². The Morgan fingerprint density at radius 3 is 1.78 bits per heavy atom. The van der Waals surface area contributed by atoms with Gasteiger partial charge in [0.05, 0.1) is 0 Å². The zero-order valence-electron chi connectivity index (χ0n) is 6.85. The molecule has 1 saturated carbocycles. The summed E-state index contributed by atoms with van der Waals surface area (Å²) in [7, 11) is 0. The SMILES string of the molecule is CCC1C[C@H](C)[C@@H](C)C1. The normalized spacial score (nSPS) is 37.7. The maximum Gasteiger partial charge on any atom is -0.0412 e. The minimum Gasteiger partial charge on any atom is -0.0651 e.